The fourth-order valence-corrected chi connectivity index (χ4v) is 8.89. The first-order valence-corrected chi connectivity index (χ1v) is 14.0. The van der Waals surface area contributed by atoms with Crippen LogP contribution in [0.2, 0.25) is 0 Å². The van der Waals surface area contributed by atoms with Crippen LogP contribution in [0.5, 0.6) is 0 Å². The number of ether oxygens (including phenoxy) is 1. The summed E-state index contributed by atoms with van der Waals surface area (Å²) >= 11 is 0. The van der Waals surface area contributed by atoms with Crippen LogP contribution >= 0.6 is 6.89 Å². The molecular weight excluding hydrogens is 423 g/mol. The molecule has 2 nitrogen and oxygen atoms in total. The maximum atomic E-state index is 13.7. The monoisotopic (exact) mass is 458 g/mol. The minimum atomic E-state index is -2.34. The van der Waals surface area contributed by atoms with Crippen LogP contribution in [-0.4, -0.2) is 17.9 Å². The fraction of sp³-hybridized carbons (Fsp3) is 0.333. The van der Waals surface area contributed by atoms with Gasteiger partial charge in [0.2, 0.25) is 0 Å². The van der Waals surface area contributed by atoms with E-state index in [-0.39, 0.29) is 12.1 Å². The normalized spacial score (nSPS) is 20.9. The second kappa shape index (κ2) is 10.6. The van der Waals surface area contributed by atoms with E-state index >= 15 is 0 Å². The van der Waals surface area contributed by atoms with E-state index in [0.29, 0.717) is 17.8 Å². The number of rotatable bonds is 6. The van der Waals surface area contributed by atoms with E-state index in [1.54, 1.807) is 0 Å². The van der Waals surface area contributed by atoms with Crippen molar-refractivity contribution in [1.82, 2.24) is 0 Å². The van der Waals surface area contributed by atoms with Gasteiger partial charge in [0.1, 0.15) is 6.10 Å². The number of hydrogen-bond donors (Lipinski definition) is 0. The molecule has 1 unspecified atom stereocenters. The van der Waals surface area contributed by atoms with E-state index in [9.17, 15) is 4.79 Å². The molecule has 4 rings (SSSR count). The topological polar surface area (TPSA) is 26.3 Å². The van der Waals surface area contributed by atoms with E-state index in [1.165, 1.54) is 6.42 Å². The minimum Gasteiger partial charge on any atom is -0.459 e. The molecule has 0 aliphatic heterocycles. The van der Waals surface area contributed by atoms with Gasteiger partial charge in [-0.05, 0) is 53.4 Å². The summed E-state index contributed by atoms with van der Waals surface area (Å²) in [6.07, 6.45) is 3.29. The summed E-state index contributed by atoms with van der Waals surface area (Å²) in [5, 5.41) is 3.49. The number of benzene rings is 3. The molecule has 172 valence electrons. The molecule has 3 aromatic carbocycles. The van der Waals surface area contributed by atoms with E-state index in [0.717, 1.165) is 28.8 Å². The van der Waals surface area contributed by atoms with Gasteiger partial charge in [-0.3, -0.25) is 0 Å². The fourth-order valence-electron chi connectivity index (χ4n) is 5.25. The van der Waals surface area contributed by atoms with Crippen molar-refractivity contribution in [2.45, 2.75) is 46.1 Å². The number of esters is 1. The first kappa shape index (κ1) is 23.6. The van der Waals surface area contributed by atoms with Crippen molar-refractivity contribution in [3.8, 4) is 0 Å². The molecule has 0 aromatic heterocycles. The zero-order valence-electron chi connectivity index (χ0n) is 19.9. The molecule has 0 amide bonds. The van der Waals surface area contributed by atoms with E-state index in [2.05, 4.69) is 93.6 Å². The summed E-state index contributed by atoms with van der Waals surface area (Å²) < 4.78 is 6.29. The Labute approximate surface area is 199 Å². The highest BCUT2D eigenvalue weighted by molar-refractivity contribution is 7.95. The van der Waals surface area contributed by atoms with Crippen LogP contribution in [0.1, 0.15) is 40.0 Å². The Morgan fingerprint density at radius 1 is 0.818 bits per heavy atom. The van der Waals surface area contributed by atoms with Gasteiger partial charge in [-0.2, -0.15) is 0 Å². The van der Waals surface area contributed by atoms with E-state index < -0.39 is 6.89 Å². The lowest BCUT2D eigenvalue weighted by Gasteiger charge is -2.37. The molecule has 1 saturated carbocycles. The lowest BCUT2D eigenvalue weighted by Crippen LogP contribution is -2.37. The van der Waals surface area contributed by atoms with Crippen LogP contribution in [-0.2, 0) is 9.53 Å². The number of carbonyl (C=O) groups excluding carboxylic acids is 1. The van der Waals surface area contributed by atoms with Crippen molar-refractivity contribution in [2.24, 2.45) is 17.8 Å². The van der Waals surface area contributed by atoms with Gasteiger partial charge in [0.05, 0.1) is 0 Å². The Morgan fingerprint density at radius 3 is 1.70 bits per heavy atom. The minimum absolute atomic E-state index is 0.0123. The van der Waals surface area contributed by atoms with E-state index in [1.807, 2.05) is 24.0 Å². The zero-order chi connectivity index (χ0) is 23.3. The molecule has 3 heteroatoms. The van der Waals surface area contributed by atoms with Gasteiger partial charge in [-0.15, -0.1) is 0 Å². The predicted octanol–water partition coefficient (Wildman–Crippen LogP) is 5.79. The smallest absolute Gasteiger partial charge is 0.332 e. The third kappa shape index (κ3) is 5.17. The van der Waals surface area contributed by atoms with Crippen LogP contribution < -0.4 is 15.9 Å². The van der Waals surface area contributed by atoms with E-state index in [4.69, 9.17) is 4.74 Å². The zero-order valence-corrected chi connectivity index (χ0v) is 20.8. The molecule has 0 N–H and O–H groups in total. The van der Waals surface area contributed by atoms with Crippen LogP contribution in [0.3, 0.4) is 0 Å². The Bertz CT molecular complexity index is 986. The van der Waals surface area contributed by atoms with Crippen LogP contribution in [0, 0.1) is 17.8 Å². The standard InChI is InChI=1S/C30H35O2P/c1-23(2)28-20-19-24(3)21-29(28)32-30(31)22-33(25-13-7-4-8-14-25,26-15-9-5-10-16-26)27-17-11-6-12-18-27/h4-18,22-24,28-29H,19-21H2,1-3H3/t24-,28?,29-/m1/s1. The van der Waals surface area contributed by atoms with Gasteiger partial charge in [0.25, 0.3) is 0 Å². The molecule has 0 bridgehead atoms. The highest BCUT2D eigenvalue weighted by Crippen LogP contribution is 2.44. The second-order valence-electron chi connectivity index (χ2n) is 9.66. The highest BCUT2D eigenvalue weighted by atomic mass is 31.2. The summed E-state index contributed by atoms with van der Waals surface area (Å²) in [4.78, 5) is 13.7. The lowest BCUT2D eigenvalue weighted by molar-refractivity contribution is -0.146. The van der Waals surface area contributed by atoms with Crippen molar-refractivity contribution in [3.05, 3.63) is 91.0 Å². The average Bonchev–Trinajstić information content (AvgIpc) is 2.84. The molecule has 1 aliphatic carbocycles. The molecule has 3 aromatic rings. The molecule has 33 heavy (non-hydrogen) atoms. The average molecular weight is 459 g/mol. The summed E-state index contributed by atoms with van der Waals surface area (Å²) in [5.41, 5.74) is 0. The Balaban J connectivity index is 1.85. The first-order chi connectivity index (χ1) is 16.0. The first-order valence-electron chi connectivity index (χ1n) is 12.1. The summed E-state index contributed by atoms with van der Waals surface area (Å²) in [6.45, 7) is 4.44. The van der Waals surface area contributed by atoms with Crippen molar-refractivity contribution >= 4 is 34.6 Å². The highest BCUT2D eigenvalue weighted by Gasteiger charge is 2.34. The molecule has 3 atom stereocenters. The lowest BCUT2D eigenvalue weighted by atomic mass is 9.75. The third-order valence-corrected chi connectivity index (χ3v) is 11.0. The molecule has 0 heterocycles. The van der Waals surface area contributed by atoms with Gasteiger partial charge < -0.3 is 4.74 Å². The molecule has 0 radical (unpaired) electrons. The van der Waals surface area contributed by atoms with Gasteiger partial charge in [-0.1, -0.05) is 118 Å². The molecule has 1 aliphatic rings. The quantitative estimate of drug-likeness (QED) is 0.345. The van der Waals surface area contributed by atoms with Crippen LogP contribution in [0.4, 0.5) is 0 Å². The maximum absolute atomic E-state index is 13.7. The Hall–Kier alpha value is -2.57. The Kier molecular flexibility index (Phi) is 7.56. The maximum Gasteiger partial charge on any atom is 0.332 e. The molecule has 0 spiro atoms. The SMILES string of the molecule is CC(C)C1CC[C@@H](C)C[C@H]1OC(=O)C=P(c1ccccc1)(c1ccccc1)c1ccccc1. The number of hydrogen-bond acceptors (Lipinski definition) is 2. The van der Waals surface area contributed by atoms with Crippen molar-refractivity contribution in [3.63, 3.8) is 0 Å². The second-order valence-corrected chi connectivity index (χ2v) is 12.9. The summed E-state index contributed by atoms with van der Waals surface area (Å²) in [6, 6.07) is 31.4. The molecule has 1 fully saturated rings. The van der Waals surface area contributed by atoms with Crippen LogP contribution in [0.25, 0.3) is 0 Å². The van der Waals surface area contributed by atoms with Crippen molar-refractivity contribution in [2.75, 3.05) is 0 Å². The summed E-state index contributed by atoms with van der Waals surface area (Å²) in [7, 11) is 0. The molecular formula is C30H35O2P. The van der Waals surface area contributed by atoms with Gasteiger partial charge in [-0.25, -0.2) is 4.79 Å². The van der Waals surface area contributed by atoms with Crippen molar-refractivity contribution in [1.29, 1.82) is 0 Å². The molecule has 0 saturated heterocycles. The van der Waals surface area contributed by atoms with Crippen molar-refractivity contribution < 1.29 is 9.53 Å². The van der Waals surface area contributed by atoms with Crippen LogP contribution in [0.15, 0.2) is 91.0 Å². The largest absolute Gasteiger partial charge is 0.459 e. The van der Waals surface area contributed by atoms with Gasteiger partial charge >= 0.3 is 5.97 Å². The summed E-state index contributed by atoms with van der Waals surface area (Å²) in [5.74, 6) is 3.26. The Morgan fingerprint density at radius 2 is 1.27 bits per heavy atom. The predicted molar refractivity (Wildman–Crippen MR) is 142 cm³/mol. The van der Waals surface area contributed by atoms with Gasteiger partial charge in [0.15, 0.2) is 0 Å². The number of carbonyl (C=O) groups is 1. The van der Waals surface area contributed by atoms with Gasteiger partial charge in [0, 0.05) is 5.80 Å². The third-order valence-electron chi connectivity index (χ3n) is 7.02.